The molecule has 0 aromatic heterocycles. The summed E-state index contributed by atoms with van der Waals surface area (Å²) in [4.78, 5) is 28.6. The summed E-state index contributed by atoms with van der Waals surface area (Å²) >= 11 is 0. The number of aliphatic hydroxyl groups is 2. The Morgan fingerprint density at radius 2 is 0.889 bits per heavy atom. The number of amides is 1. The standard InChI is InChI=1S/C44H88N2O4.C11H24O.W/c1-5-8-11-13-22-28-36-43(48)46(38-31-37-45-4)42(34-26-20-16-14-18-23-29-39-47)35-27-21-17-15-19-24-30-40-50-44(49)41(32-10-7-3)33-25-12-9-6-2;1-3-5-7-8-10-11(12)9-6-4-2;/h41-42,45,47H,5-40H2,1-4H3;11-12H,3-10H2,1-2H3;. The number of rotatable bonds is 48. The number of ether oxygens (including phenoxy) is 1. The second-order valence-electron chi connectivity index (χ2n) is 19.0. The van der Waals surface area contributed by atoms with Crippen LogP contribution in [0.1, 0.15) is 291 Å². The smallest absolute Gasteiger partial charge is 0.308 e. The maximum absolute atomic E-state index is 13.6. The zero-order chi connectivity index (χ0) is 46.0. The van der Waals surface area contributed by atoms with E-state index in [1.807, 2.05) is 7.05 Å². The third-order valence-electron chi connectivity index (χ3n) is 12.9. The number of hydrogen-bond donors (Lipinski definition) is 3. The van der Waals surface area contributed by atoms with Gasteiger partial charge < -0.3 is 25.2 Å². The zero-order valence-corrected chi connectivity index (χ0v) is 46.3. The Kier molecular flexibility index (Phi) is 59.2. The number of hydrogen-bond acceptors (Lipinski definition) is 6. The molecule has 0 aliphatic heterocycles. The van der Waals surface area contributed by atoms with Crippen LogP contribution in [0.2, 0.25) is 0 Å². The van der Waals surface area contributed by atoms with Crippen molar-refractivity contribution < 1.29 is 45.6 Å². The van der Waals surface area contributed by atoms with Crippen LogP contribution in [0.25, 0.3) is 0 Å². The van der Waals surface area contributed by atoms with Gasteiger partial charge in [-0.3, -0.25) is 9.59 Å². The molecule has 0 aromatic rings. The van der Waals surface area contributed by atoms with Crippen LogP contribution in [-0.4, -0.2) is 72.5 Å². The van der Waals surface area contributed by atoms with Crippen molar-refractivity contribution in [3.05, 3.63) is 0 Å². The van der Waals surface area contributed by atoms with Crippen LogP contribution in [0, 0.1) is 5.92 Å². The Balaban J connectivity index is -0.00000239. The van der Waals surface area contributed by atoms with Crippen molar-refractivity contribution in [2.75, 3.05) is 33.4 Å². The number of unbranched alkanes of at least 4 members (excludes halogenated alkanes) is 25. The summed E-state index contributed by atoms with van der Waals surface area (Å²) in [5, 5.41) is 21.8. The predicted molar refractivity (Wildman–Crippen MR) is 270 cm³/mol. The summed E-state index contributed by atoms with van der Waals surface area (Å²) in [5.74, 6) is 0.538. The van der Waals surface area contributed by atoms with Crippen molar-refractivity contribution in [1.82, 2.24) is 10.2 Å². The van der Waals surface area contributed by atoms with Crippen LogP contribution in [-0.2, 0) is 35.4 Å². The summed E-state index contributed by atoms with van der Waals surface area (Å²) < 4.78 is 5.74. The first kappa shape index (κ1) is 66.8. The van der Waals surface area contributed by atoms with Gasteiger partial charge in [0.25, 0.3) is 0 Å². The molecule has 3 N–H and O–H groups in total. The normalized spacial score (nSPS) is 12.6. The molecule has 0 rings (SSSR count). The van der Waals surface area contributed by atoms with Gasteiger partial charge in [-0.2, -0.15) is 0 Å². The fourth-order valence-electron chi connectivity index (χ4n) is 8.66. The van der Waals surface area contributed by atoms with Gasteiger partial charge in [-0.1, -0.05) is 221 Å². The molecule has 63 heavy (non-hydrogen) atoms. The Morgan fingerprint density at radius 1 is 0.492 bits per heavy atom. The number of nitrogens with one attached hydrogen (secondary N) is 1. The molecule has 0 radical (unpaired) electrons. The maximum atomic E-state index is 13.6. The van der Waals surface area contributed by atoms with Crippen molar-refractivity contribution in [2.45, 2.75) is 304 Å². The van der Waals surface area contributed by atoms with Crippen LogP contribution in [0.3, 0.4) is 0 Å². The first-order chi connectivity index (χ1) is 30.4. The molecule has 8 heteroatoms. The van der Waals surface area contributed by atoms with Crippen LogP contribution >= 0.6 is 0 Å². The molecule has 3 atom stereocenters. The molecule has 0 aliphatic rings. The molecule has 0 bridgehead atoms. The van der Waals surface area contributed by atoms with E-state index in [2.05, 4.69) is 44.8 Å². The monoisotopic (exact) mass is 1060 g/mol. The van der Waals surface area contributed by atoms with Crippen LogP contribution in [0.5, 0.6) is 0 Å². The van der Waals surface area contributed by atoms with Crippen molar-refractivity contribution in [3.63, 3.8) is 0 Å². The zero-order valence-electron chi connectivity index (χ0n) is 43.3. The molecule has 378 valence electrons. The number of nitrogens with zero attached hydrogens (tertiary/aromatic N) is 1. The van der Waals surface area contributed by atoms with Gasteiger partial charge in [0.2, 0.25) is 5.91 Å². The van der Waals surface area contributed by atoms with Gasteiger partial charge in [-0.05, 0) is 77.8 Å². The minimum atomic E-state index is -0.0261. The van der Waals surface area contributed by atoms with Gasteiger partial charge in [-0.15, -0.1) is 0 Å². The minimum Gasteiger partial charge on any atom is -0.465 e. The summed E-state index contributed by atoms with van der Waals surface area (Å²) in [5.41, 5.74) is 0. The van der Waals surface area contributed by atoms with Gasteiger partial charge in [-0.25, -0.2) is 0 Å². The summed E-state index contributed by atoms with van der Waals surface area (Å²) in [6.07, 6.45) is 46.4. The van der Waals surface area contributed by atoms with E-state index in [-0.39, 0.29) is 39.1 Å². The summed E-state index contributed by atoms with van der Waals surface area (Å²) in [6, 6.07) is 0.372. The molecule has 0 spiro atoms. The average molecular weight is 1070 g/mol. The minimum absolute atomic E-state index is 0. The largest absolute Gasteiger partial charge is 0.465 e. The van der Waals surface area contributed by atoms with E-state index in [1.54, 1.807) is 0 Å². The fraction of sp³-hybridized carbons (Fsp3) is 0.964. The van der Waals surface area contributed by atoms with E-state index in [0.29, 0.717) is 31.6 Å². The summed E-state index contributed by atoms with van der Waals surface area (Å²) in [7, 11) is 2.01. The fourth-order valence-corrected chi connectivity index (χ4v) is 8.66. The first-order valence-corrected chi connectivity index (χ1v) is 27.8. The molecule has 0 aromatic carbocycles. The Bertz CT molecular complexity index is 895. The van der Waals surface area contributed by atoms with E-state index in [0.717, 1.165) is 109 Å². The SMILES string of the molecule is CCCCCCC(O)CCCC.CCCCCCCCC(=O)N(CCCNC)C(CCCCCCCCCO)CCCCCCCCCOC(=O)C(CCCC)CCCCCC.[W]. The molecule has 1 amide bonds. The van der Waals surface area contributed by atoms with Crippen molar-refractivity contribution in [2.24, 2.45) is 5.92 Å². The van der Waals surface area contributed by atoms with Crippen molar-refractivity contribution in [1.29, 1.82) is 0 Å². The molecule has 0 heterocycles. The molecule has 3 unspecified atom stereocenters. The van der Waals surface area contributed by atoms with E-state index in [1.165, 1.54) is 154 Å². The number of carbonyl (C=O) groups excluding carboxylic acids is 2. The number of esters is 1. The van der Waals surface area contributed by atoms with Crippen molar-refractivity contribution >= 4 is 11.9 Å². The first-order valence-electron chi connectivity index (χ1n) is 27.8. The second-order valence-corrected chi connectivity index (χ2v) is 19.0. The molecule has 0 saturated carbocycles. The maximum Gasteiger partial charge on any atom is 0.308 e. The van der Waals surface area contributed by atoms with E-state index >= 15 is 0 Å². The molecule has 0 aliphatic carbocycles. The molecule has 0 saturated heterocycles. The molecular weight excluding hydrogens is 952 g/mol. The average Bonchev–Trinajstić information content (AvgIpc) is 3.27. The van der Waals surface area contributed by atoms with Gasteiger partial charge in [0.05, 0.1) is 18.6 Å². The third-order valence-corrected chi connectivity index (χ3v) is 12.9. The quantitative estimate of drug-likeness (QED) is 0.0415. The topological polar surface area (TPSA) is 99.1 Å². The molecular formula is C55H112N2O5W. The van der Waals surface area contributed by atoms with Crippen molar-refractivity contribution in [3.8, 4) is 0 Å². The van der Waals surface area contributed by atoms with Crippen LogP contribution < -0.4 is 5.32 Å². The van der Waals surface area contributed by atoms with E-state index < -0.39 is 0 Å². The summed E-state index contributed by atoms with van der Waals surface area (Å²) in [6.45, 7) is 13.8. The van der Waals surface area contributed by atoms with E-state index in [4.69, 9.17) is 9.84 Å². The van der Waals surface area contributed by atoms with E-state index in [9.17, 15) is 14.7 Å². The second kappa shape index (κ2) is 55.8. The Morgan fingerprint density at radius 3 is 1.41 bits per heavy atom. The van der Waals surface area contributed by atoms with Gasteiger partial charge in [0, 0.05) is 46.7 Å². The molecule has 0 fully saturated rings. The van der Waals surface area contributed by atoms with Gasteiger partial charge in [0.1, 0.15) is 0 Å². The van der Waals surface area contributed by atoms with Gasteiger partial charge >= 0.3 is 5.97 Å². The number of carbonyl (C=O) groups is 2. The third kappa shape index (κ3) is 47.8. The van der Waals surface area contributed by atoms with Crippen LogP contribution in [0.15, 0.2) is 0 Å². The van der Waals surface area contributed by atoms with Crippen LogP contribution in [0.4, 0.5) is 0 Å². The number of aliphatic hydroxyl groups excluding tert-OH is 2. The van der Waals surface area contributed by atoms with Gasteiger partial charge in [0.15, 0.2) is 0 Å². The Labute approximate surface area is 408 Å². The predicted octanol–water partition coefficient (Wildman–Crippen LogP) is 15.6. The Hall–Kier alpha value is -0.492. The molecule has 7 nitrogen and oxygen atoms in total.